The Morgan fingerprint density at radius 3 is 3.03 bits per heavy atom. The van der Waals surface area contributed by atoms with Gasteiger partial charge in [0.15, 0.2) is 5.65 Å². The summed E-state index contributed by atoms with van der Waals surface area (Å²) in [5.41, 5.74) is 4.23. The first kappa shape index (κ1) is 19.7. The summed E-state index contributed by atoms with van der Waals surface area (Å²) in [6.45, 7) is 1.84. The first-order valence-electron chi connectivity index (χ1n) is 10.9. The summed E-state index contributed by atoms with van der Waals surface area (Å²) in [7, 11) is -3.40. The normalized spacial score (nSPS) is 20.9. The Morgan fingerprint density at radius 1 is 1.26 bits per heavy atom. The van der Waals surface area contributed by atoms with E-state index in [0.29, 0.717) is 38.1 Å². The molecule has 1 N–H and O–H groups in total. The Morgan fingerprint density at radius 2 is 2.15 bits per heavy atom. The van der Waals surface area contributed by atoms with Crippen molar-refractivity contribution in [3.8, 4) is 16.9 Å². The van der Waals surface area contributed by atoms with Crippen molar-refractivity contribution >= 4 is 27.5 Å². The van der Waals surface area contributed by atoms with Gasteiger partial charge in [0.05, 0.1) is 4.90 Å². The second kappa shape index (κ2) is 6.63. The number of allylic oxidation sites excluding steroid dienone is 1. The van der Waals surface area contributed by atoms with E-state index in [-0.39, 0.29) is 24.4 Å². The van der Waals surface area contributed by atoms with Crippen LogP contribution in [-0.2, 0) is 16.4 Å². The number of benzene rings is 2. The molecule has 0 radical (unpaired) electrons. The largest absolute Gasteiger partial charge is 0.489 e. The first-order valence-corrected chi connectivity index (χ1v) is 12.4. The van der Waals surface area contributed by atoms with Gasteiger partial charge < -0.3 is 10.1 Å². The van der Waals surface area contributed by atoms with Crippen LogP contribution in [0.4, 0.5) is 10.3 Å². The Kier molecular flexibility index (Phi) is 3.83. The summed E-state index contributed by atoms with van der Waals surface area (Å²) in [5.74, 6) is 1.25. The quantitative estimate of drug-likeness (QED) is 0.477. The minimum Gasteiger partial charge on any atom is -0.489 e. The molecule has 0 amide bonds. The molecule has 2 aromatic carbocycles. The van der Waals surface area contributed by atoms with Gasteiger partial charge in [-0.2, -0.15) is 0 Å². The van der Waals surface area contributed by atoms with Gasteiger partial charge in [-0.15, -0.1) is 10.2 Å². The maximum atomic E-state index is 14.7. The fourth-order valence-electron chi connectivity index (χ4n) is 4.94. The second-order valence-electron chi connectivity index (χ2n) is 8.82. The molecule has 2 atom stereocenters. The van der Waals surface area contributed by atoms with Crippen molar-refractivity contribution in [1.82, 2.24) is 19.6 Å². The molecule has 34 heavy (non-hydrogen) atoms. The SMILES string of the molecule is CC1=Cc2cc(-c3cnc(NCc4c(F)ccc5c4[C@H]4CC4O5)n4cnnc34)ccc2S1(=O)=O. The van der Waals surface area contributed by atoms with E-state index in [9.17, 15) is 12.8 Å². The standard InChI is InChI=1S/C24H18FN5O3S/c1-12-6-14-7-13(2-5-21(14)34(12,31)32)16-9-26-24(30-11-28-29-23(16)30)27-10-17-18(25)3-4-19-22(17)15-8-20(15)33-19/h2-7,9,11,15,20H,8,10H2,1H3,(H,26,27)/t15-,20?/m0/s1. The number of hydrogen-bond donors (Lipinski definition) is 1. The highest BCUT2D eigenvalue weighted by molar-refractivity contribution is 7.95. The Balaban J connectivity index is 1.24. The summed E-state index contributed by atoms with van der Waals surface area (Å²) < 4.78 is 47.0. The molecular weight excluding hydrogens is 457 g/mol. The fourth-order valence-corrected chi connectivity index (χ4v) is 6.24. The smallest absolute Gasteiger partial charge is 0.210 e. The van der Waals surface area contributed by atoms with Gasteiger partial charge in [-0.25, -0.2) is 17.8 Å². The molecule has 4 heterocycles. The van der Waals surface area contributed by atoms with E-state index < -0.39 is 9.84 Å². The molecule has 0 bridgehead atoms. The highest BCUT2D eigenvalue weighted by atomic mass is 32.2. The van der Waals surface area contributed by atoms with Gasteiger partial charge in [-0.05, 0) is 54.8 Å². The van der Waals surface area contributed by atoms with Crippen LogP contribution in [0.2, 0.25) is 0 Å². The number of rotatable bonds is 4. The number of aromatic nitrogens is 4. The Bertz CT molecular complexity index is 1680. The van der Waals surface area contributed by atoms with Crippen LogP contribution in [0, 0.1) is 5.82 Å². The van der Waals surface area contributed by atoms with Crippen molar-refractivity contribution in [2.24, 2.45) is 0 Å². The maximum Gasteiger partial charge on any atom is 0.210 e. The van der Waals surface area contributed by atoms with Crippen LogP contribution in [0.25, 0.3) is 22.9 Å². The number of anilines is 1. The molecule has 7 rings (SSSR count). The highest BCUT2D eigenvalue weighted by Crippen LogP contribution is 2.55. The third-order valence-electron chi connectivity index (χ3n) is 6.79. The lowest BCUT2D eigenvalue weighted by molar-refractivity contribution is 0.318. The molecule has 1 unspecified atom stereocenters. The second-order valence-corrected chi connectivity index (χ2v) is 10.9. The van der Waals surface area contributed by atoms with Crippen LogP contribution in [0.5, 0.6) is 5.75 Å². The predicted octanol–water partition coefficient (Wildman–Crippen LogP) is 3.94. The first-order chi connectivity index (χ1) is 16.4. The minimum atomic E-state index is -3.40. The summed E-state index contributed by atoms with van der Waals surface area (Å²) in [6.07, 6.45) is 5.99. The zero-order chi connectivity index (χ0) is 23.2. The van der Waals surface area contributed by atoms with E-state index in [1.54, 1.807) is 48.1 Å². The molecule has 1 aliphatic carbocycles. The van der Waals surface area contributed by atoms with E-state index >= 15 is 0 Å². The third-order valence-corrected chi connectivity index (χ3v) is 8.71. The molecule has 170 valence electrons. The number of sulfone groups is 1. The van der Waals surface area contributed by atoms with Crippen LogP contribution < -0.4 is 10.1 Å². The number of fused-ring (bicyclic) bond motifs is 5. The van der Waals surface area contributed by atoms with E-state index in [1.807, 2.05) is 6.07 Å². The molecule has 0 spiro atoms. The van der Waals surface area contributed by atoms with E-state index in [2.05, 4.69) is 20.5 Å². The lowest BCUT2D eigenvalue weighted by Gasteiger charge is -2.14. The van der Waals surface area contributed by atoms with Crippen molar-refractivity contribution in [3.05, 3.63) is 70.3 Å². The molecule has 4 aromatic rings. The number of halogens is 1. The molecule has 1 fully saturated rings. The number of nitrogens with one attached hydrogen (secondary N) is 1. The van der Waals surface area contributed by atoms with Gasteiger partial charge >= 0.3 is 0 Å². The summed E-state index contributed by atoms with van der Waals surface area (Å²) >= 11 is 0. The van der Waals surface area contributed by atoms with Crippen molar-refractivity contribution in [2.45, 2.75) is 36.8 Å². The summed E-state index contributed by atoms with van der Waals surface area (Å²) in [6, 6.07) is 8.31. The van der Waals surface area contributed by atoms with Gasteiger partial charge in [-0.3, -0.25) is 4.40 Å². The number of nitrogens with zero attached hydrogens (tertiary/aromatic N) is 4. The molecule has 1 saturated carbocycles. The highest BCUT2D eigenvalue weighted by Gasteiger charge is 2.49. The number of hydrogen-bond acceptors (Lipinski definition) is 7. The molecule has 3 aliphatic rings. The minimum absolute atomic E-state index is 0.179. The van der Waals surface area contributed by atoms with Gasteiger partial charge in [0, 0.05) is 40.3 Å². The van der Waals surface area contributed by atoms with Crippen LogP contribution in [0.15, 0.2) is 52.7 Å². The van der Waals surface area contributed by atoms with Crippen LogP contribution in [-0.4, -0.2) is 34.1 Å². The van der Waals surface area contributed by atoms with Gasteiger partial charge in [-0.1, -0.05) is 6.07 Å². The zero-order valence-electron chi connectivity index (χ0n) is 18.0. The molecular formula is C24H18FN5O3S. The maximum absolute atomic E-state index is 14.7. The Hall–Kier alpha value is -3.79. The monoisotopic (exact) mass is 475 g/mol. The molecule has 2 aliphatic heterocycles. The lowest BCUT2D eigenvalue weighted by Crippen LogP contribution is -2.10. The molecule has 0 saturated heterocycles. The van der Waals surface area contributed by atoms with Crippen molar-refractivity contribution in [1.29, 1.82) is 0 Å². The topological polar surface area (TPSA) is 98.5 Å². The van der Waals surface area contributed by atoms with Crippen LogP contribution >= 0.6 is 0 Å². The van der Waals surface area contributed by atoms with Crippen molar-refractivity contribution < 1.29 is 17.5 Å². The lowest BCUT2D eigenvalue weighted by atomic mass is 10.0. The van der Waals surface area contributed by atoms with Gasteiger partial charge in [0.1, 0.15) is 24.0 Å². The summed E-state index contributed by atoms with van der Waals surface area (Å²) in [5, 5.41) is 11.5. The van der Waals surface area contributed by atoms with Crippen molar-refractivity contribution in [3.63, 3.8) is 0 Å². The van der Waals surface area contributed by atoms with Gasteiger partial charge in [0.2, 0.25) is 15.8 Å². The average molecular weight is 476 g/mol. The average Bonchev–Trinajstić information content (AvgIpc) is 3.14. The van der Waals surface area contributed by atoms with E-state index in [0.717, 1.165) is 23.3 Å². The third kappa shape index (κ3) is 2.68. The molecule has 10 heteroatoms. The summed E-state index contributed by atoms with van der Waals surface area (Å²) in [4.78, 5) is 5.17. The van der Waals surface area contributed by atoms with E-state index in [1.165, 1.54) is 6.07 Å². The fraction of sp³-hybridized carbons (Fsp3) is 0.208. The Labute approximate surface area is 194 Å². The van der Waals surface area contributed by atoms with Crippen LogP contribution in [0.3, 0.4) is 0 Å². The van der Waals surface area contributed by atoms with Gasteiger partial charge in [0.25, 0.3) is 0 Å². The molecule has 8 nitrogen and oxygen atoms in total. The molecule has 2 aromatic heterocycles. The van der Waals surface area contributed by atoms with E-state index in [4.69, 9.17) is 4.74 Å². The van der Waals surface area contributed by atoms with Crippen molar-refractivity contribution in [2.75, 3.05) is 5.32 Å². The predicted molar refractivity (Wildman–Crippen MR) is 123 cm³/mol. The zero-order valence-corrected chi connectivity index (χ0v) is 18.8. The van der Waals surface area contributed by atoms with Crippen LogP contribution in [0.1, 0.15) is 36.0 Å². The number of ether oxygens (including phenoxy) is 1.